The van der Waals surface area contributed by atoms with Gasteiger partial charge in [-0.05, 0) is 38.8 Å². The fraction of sp³-hybridized carbons (Fsp3) is 0.391. The third-order valence-electron chi connectivity index (χ3n) is 5.82. The van der Waals surface area contributed by atoms with Gasteiger partial charge >= 0.3 is 6.09 Å². The summed E-state index contributed by atoms with van der Waals surface area (Å²) < 4.78 is 5.02. The molecule has 2 aromatic rings. The summed E-state index contributed by atoms with van der Waals surface area (Å²) in [6.45, 7) is 5.29. The van der Waals surface area contributed by atoms with Crippen molar-refractivity contribution in [2.45, 2.75) is 32.7 Å². The Morgan fingerprint density at radius 3 is 2.27 bits per heavy atom. The summed E-state index contributed by atoms with van der Waals surface area (Å²) in [6.07, 6.45) is 2.39. The highest BCUT2D eigenvalue weighted by Crippen LogP contribution is 2.24. The number of ketones is 1. The molecule has 4 rings (SSSR count). The highest BCUT2D eigenvalue weighted by Gasteiger charge is 2.32. The number of carbonyl (C=O) groups is 3. The van der Waals surface area contributed by atoms with Gasteiger partial charge in [0.25, 0.3) is 5.91 Å². The summed E-state index contributed by atoms with van der Waals surface area (Å²) in [7, 11) is 0. The van der Waals surface area contributed by atoms with E-state index in [1.54, 1.807) is 17.0 Å². The van der Waals surface area contributed by atoms with Crippen LogP contribution in [0.2, 0.25) is 0 Å². The second-order valence-electron chi connectivity index (χ2n) is 8.00. The molecule has 2 fully saturated rings. The topological polar surface area (TPSA) is 79.8 Å². The lowest BCUT2D eigenvalue weighted by Gasteiger charge is -2.31. The second kappa shape index (κ2) is 8.26. The molecule has 1 unspecified atom stereocenters. The molecule has 0 bridgehead atoms. The van der Waals surface area contributed by atoms with Crippen LogP contribution in [0.3, 0.4) is 0 Å². The molecule has 1 aromatic carbocycles. The van der Waals surface area contributed by atoms with Crippen LogP contribution in [-0.2, 0) is 4.74 Å². The number of hydrogen-bond donors (Lipinski definition) is 0. The molecule has 2 aliphatic heterocycles. The minimum absolute atomic E-state index is 0.0556. The van der Waals surface area contributed by atoms with E-state index in [1.165, 1.54) is 11.1 Å². The average Bonchev–Trinajstić information content (AvgIpc) is 3.11. The summed E-state index contributed by atoms with van der Waals surface area (Å²) in [4.78, 5) is 44.9. The van der Waals surface area contributed by atoms with Gasteiger partial charge in [0.15, 0.2) is 5.78 Å². The first kappa shape index (κ1) is 20.1. The van der Waals surface area contributed by atoms with Gasteiger partial charge in [-0.3, -0.25) is 14.5 Å². The number of piperidine rings is 1. The third-order valence-corrected chi connectivity index (χ3v) is 5.82. The van der Waals surface area contributed by atoms with Crippen LogP contribution in [0.25, 0.3) is 0 Å². The maximum absolute atomic E-state index is 12.8. The summed E-state index contributed by atoms with van der Waals surface area (Å²) in [6, 6.07) is 10.9. The number of benzene rings is 1. The minimum Gasteiger partial charge on any atom is -0.447 e. The molecule has 3 heterocycles. The molecule has 7 nitrogen and oxygen atoms in total. The number of hydrogen-bond acceptors (Lipinski definition) is 5. The van der Waals surface area contributed by atoms with Gasteiger partial charge in [0.2, 0.25) is 0 Å². The summed E-state index contributed by atoms with van der Waals surface area (Å²) >= 11 is 0. The number of amides is 2. The Labute approximate surface area is 175 Å². The largest absolute Gasteiger partial charge is 0.447 e. The number of rotatable bonds is 4. The molecule has 0 N–H and O–H groups in total. The van der Waals surface area contributed by atoms with E-state index in [-0.39, 0.29) is 23.7 Å². The first-order chi connectivity index (χ1) is 14.4. The van der Waals surface area contributed by atoms with Crippen molar-refractivity contribution >= 4 is 23.6 Å². The van der Waals surface area contributed by atoms with Gasteiger partial charge < -0.3 is 9.64 Å². The van der Waals surface area contributed by atoms with Crippen molar-refractivity contribution < 1.29 is 19.1 Å². The number of pyridine rings is 1. The number of carbonyl (C=O) groups excluding carboxylic acids is 3. The van der Waals surface area contributed by atoms with E-state index in [9.17, 15) is 14.4 Å². The zero-order valence-corrected chi connectivity index (χ0v) is 17.2. The molecule has 156 valence electrons. The van der Waals surface area contributed by atoms with Crippen LogP contribution in [0.5, 0.6) is 0 Å². The normalized spacial score (nSPS) is 19.7. The maximum Gasteiger partial charge on any atom is 0.415 e. The Hall–Kier alpha value is -3.22. The van der Waals surface area contributed by atoms with Crippen LogP contribution in [0.1, 0.15) is 46.0 Å². The standard InChI is InChI=1S/C23H25N3O4/c1-15-3-5-17(6-4-15)21(27)18-9-11-25(12-10-18)22(28)19-7-8-20(24-13-19)26-16(2)14-30-23(26)29/h3-8,13,16,18H,9-12,14H2,1-2H3. The Kier molecular flexibility index (Phi) is 5.53. The van der Waals surface area contributed by atoms with E-state index < -0.39 is 6.09 Å². The van der Waals surface area contributed by atoms with Gasteiger partial charge in [-0.2, -0.15) is 0 Å². The molecule has 0 saturated carbocycles. The summed E-state index contributed by atoms with van der Waals surface area (Å²) in [5, 5.41) is 0. The molecule has 2 aliphatic rings. The quantitative estimate of drug-likeness (QED) is 0.725. The first-order valence-electron chi connectivity index (χ1n) is 10.3. The highest BCUT2D eigenvalue weighted by molar-refractivity contribution is 5.98. The lowest BCUT2D eigenvalue weighted by Crippen LogP contribution is -2.40. The van der Waals surface area contributed by atoms with Gasteiger partial charge in [0.05, 0.1) is 11.6 Å². The Morgan fingerprint density at radius 1 is 1.03 bits per heavy atom. The van der Waals surface area contributed by atoms with Gasteiger partial charge in [0, 0.05) is 30.8 Å². The van der Waals surface area contributed by atoms with E-state index in [1.807, 2.05) is 38.1 Å². The van der Waals surface area contributed by atoms with Crippen molar-refractivity contribution in [3.8, 4) is 0 Å². The van der Waals surface area contributed by atoms with E-state index in [2.05, 4.69) is 4.98 Å². The zero-order chi connectivity index (χ0) is 21.3. The van der Waals surface area contributed by atoms with Crippen molar-refractivity contribution in [1.29, 1.82) is 0 Å². The summed E-state index contributed by atoms with van der Waals surface area (Å²) in [5.74, 6) is 0.468. The third kappa shape index (κ3) is 3.92. The number of ether oxygens (including phenoxy) is 1. The average molecular weight is 407 g/mol. The fourth-order valence-electron chi connectivity index (χ4n) is 3.97. The molecular formula is C23H25N3O4. The minimum atomic E-state index is -0.422. The Morgan fingerprint density at radius 2 is 1.70 bits per heavy atom. The smallest absolute Gasteiger partial charge is 0.415 e. The van der Waals surface area contributed by atoms with Gasteiger partial charge in [-0.15, -0.1) is 0 Å². The lowest BCUT2D eigenvalue weighted by atomic mass is 9.88. The van der Waals surface area contributed by atoms with E-state index in [4.69, 9.17) is 4.74 Å². The van der Waals surface area contributed by atoms with Crippen LogP contribution in [0.15, 0.2) is 42.6 Å². The number of aryl methyl sites for hydroxylation is 1. The molecule has 2 saturated heterocycles. The number of anilines is 1. The molecule has 1 atom stereocenters. The predicted molar refractivity (Wildman–Crippen MR) is 112 cm³/mol. The number of cyclic esters (lactones) is 1. The van der Waals surface area contributed by atoms with Crippen LogP contribution in [0, 0.1) is 12.8 Å². The molecule has 2 amide bonds. The van der Waals surface area contributed by atoms with Crippen LogP contribution >= 0.6 is 0 Å². The van der Waals surface area contributed by atoms with Gasteiger partial charge in [0.1, 0.15) is 12.4 Å². The molecule has 0 radical (unpaired) electrons. The predicted octanol–water partition coefficient (Wildman–Crippen LogP) is 3.47. The second-order valence-corrected chi connectivity index (χ2v) is 8.00. The molecule has 0 spiro atoms. The van der Waals surface area contributed by atoms with Crippen molar-refractivity contribution in [3.05, 3.63) is 59.3 Å². The molecular weight excluding hydrogens is 382 g/mol. The number of aromatic nitrogens is 1. The van der Waals surface area contributed by atoms with Crippen molar-refractivity contribution in [2.24, 2.45) is 5.92 Å². The molecule has 7 heteroatoms. The SMILES string of the molecule is Cc1ccc(C(=O)C2CCN(C(=O)c3ccc(N4C(=O)OCC4C)nc3)CC2)cc1. The van der Waals surface area contributed by atoms with Gasteiger partial charge in [-0.25, -0.2) is 9.78 Å². The monoisotopic (exact) mass is 407 g/mol. The maximum atomic E-state index is 12.8. The van der Waals surface area contributed by atoms with Gasteiger partial charge in [-0.1, -0.05) is 29.8 Å². The van der Waals surface area contributed by atoms with Crippen molar-refractivity contribution in [1.82, 2.24) is 9.88 Å². The molecule has 30 heavy (non-hydrogen) atoms. The van der Waals surface area contributed by atoms with Crippen LogP contribution in [-0.4, -0.2) is 53.4 Å². The first-order valence-corrected chi connectivity index (χ1v) is 10.3. The number of likely N-dealkylation sites (tertiary alicyclic amines) is 1. The zero-order valence-electron chi connectivity index (χ0n) is 17.2. The lowest BCUT2D eigenvalue weighted by molar-refractivity contribution is 0.0650. The Balaban J connectivity index is 1.36. The van der Waals surface area contributed by atoms with Crippen molar-refractivity contribution in [3.63, 3.8) is 0 Å². The van der Waals surface area contributed by atoms with E-state index in [0.29, 0.717) is 43.9 Å². The molecule has 0 aliphatic carbocycles. The highest BCUT2D eigenvalue weighted by atomic mass is 16.6. The van der Waals surface area contributed by atoms with E-state index in [0.717, 1.165) is 11.1 Å². The fourth-order valence-corrected chi connectivity index (χ4v) is 3.97. The van der Waals surface area contributed by atoms with E-state index >= 15 is 0 Å². The Bertz CT molecular complexity index is 947. The summed E-state index contributed by atoms with van der Waals surface area (Å²) in [5.41, 5.74) is 2.34. The number of Topliss-reactive ketones (excluding diaryl/α,β-unsaturated/α-hetero) is 1. The molecule has 1 aromatic heterocycles. The number of nitrogens with zero attached hydrogens (tertiary/aromatic N) is 3. The van der Waals surface area contributed by atoms with Crippen molar-refractivity contribution in [2.75, 3.05) is 24.6 Å². The van der Waals surface area contributed by atoms with Crippen LogP contribution < -0.4 is 4.90 Å². The van der Waals surface area contributed by atoms with Crippen LogP contribution in [0.4, 0.5) is 10.6 Å².